The van der Waals surface area contributed by atoms with Crippen LogP contribution in [0.5, 0.6) is 0 Å². The summed E-state index contributed by atoms with van der Waals surface area (Å²) in [4.78, 5) is 12.2. The lowest BCUT2D eigenvalue weighted by Gasteiger charge is -2.07. The Hall–Kier alpha value is -2.78. The fourth-order valence-corrected chi connectivity index (χ4v) is 3.91. The lowest BCUT2D eigenvalue weighted by molar-refractivity contribution is -0.111. The molecule has 0 spiro atoms. The van der Waals surface area contributed by atoms with E-state index in [2.05, 4.69) is 10.0 Å². The molecule has 0 aliphatic carbocycles. The summed E-state index contributed by atoms with van der Waals surface area (Å²) >= 11 is 11.9. The van der Waals surface area contributed by atoms with E-state index in [1.807, 2.05) is 0 Å². The zero-order chi connectivity index (χ0) is 21.7. The Morgan fingerprint density at radius 3 is 2.37 bits per heavy atom. The highest BCUT2D eigenvalue weighted by molar-refractivity contribution is 7.89. The van der Waals surface area contributed by atoms with Gasteiger partial charge >= 0.3 is 0 Å². The normalized spacial score (nSPS) is 11.7. The Morgan fingerprint density at radius 2 is 1.77 bits per heavy atom. The number of hydrogen-bond donors (Lipinski definition) is 3. The maximum absolute atomic E-state index is 12.3. The van der Waals surface area contributed by atoms with Crippen molar-refractivity contribution in [1.82, 2.24) is 4.72 Å². The van der Waals surface area contributed by atoms with Crippen molar-refractivity contribution in [2.45, 2.75) is 11.4 Å². The molecule has 10 heteroatoms. The van der Waals surface area contributed by atoms with E-state index in [9.17, 15) is 13.2 Å². The van der Waals surface area contributed by atoms with Gasteiger partial charge in [-0.05, 0) is 48.0 Å². The van der Waals surface area contributed by atoms with Crippen LogP contribution in [0.4, 0.5) is 11.4 Å². The van der Waals surface area contributed by atoms with Crippen LogP contribution in [0.1, 0.15) is 11.3 Å². The summed E-state index contributed by atoms with van der Waals surface area (Å²) < 4.78 is 32.2. The number of nitrogen functional groups attached to an aromatic ring is 1. The summed E-state index contributed by atoms with van der Waals surface area (Å²) in [5.41, 5.74) is 6.94. The van der Waals surface area contributed by atoms with Gasteiger partial charge < -0.3 is 15.5 Å². The maximum Gasteiger partial charge on any atom is 0.248 e. The van der Waals surface area contributed by atoms with Gasteiger partial charge in [0.15, 0.2) is 0 Å². The van der Waals surface area contributed by atoms with Crippen molar-refractivity contribution >= 4 is 56.6 Å². The van der Waals surface area contributed by atoms with Crippen molar-refractivity contribution in [3.05, 3.63) is 82.2 Å². The van der Waals surface area contributed by atoms with E-state index in [-0.39, 0.29) is 27.2 Å². The molecule has 156 valence electrons. The van der Waals surface area contributed by atoms with Crippen LogP contribution < -0.4 is 15.8 Å². The lowest BCUT2D eigenvalue weighted by atomic mass is 10.2. The molecule has 0 atom stereocenters. The second-order valence-corrected chi connectivity index (χ2v) is 8.73. The van der Waals surface area contributed by atoms with Gasteiger partial charge in [0.25, 0.3) is 0 Å². The molecule has 0 saturated heterocycles. The number of nitrogens with two attached hydrogens (primary N) is 1. The SMILES string of the molecule is Nc1c(Cl)cc(NC(=O)/C=C/c2ccc(S(=O)(=O)NCc3ccco3)cc2)cc1Cl. The van der Waals surface area contributed by atoms with Crippen molar-refractivity contribution in [3.63, 3.8) is 0 Å². The number of benzene rings is 2. The number of carbonyl (C=O) groups is 1. The number of amides is 1. The van der Waals surface area contributed by atoms with Crippen molar-refractivity contribution in [3.8, 4) is 0 Å². The summed E-state index contributed by atoms with van der Waals surface area (Å²) in [6.07, 6.45) is 4.32. The fraction of sp³-hybridized carbons (Fsp3) is 0.0500. The minimum absolute atomic E-state index is 0.0519. The molecule has 3 rings (SSSR count). The Balaban J connectivity index is 1.62. The molecule has 0 fully saturated rings. The summed E-state index contributed by atoms with van der Waals surface area (Å²) in [6, 6.07) is 12.4. The van der Waals surface area contributed by atoms with Crippen molar-refractivity contribution in [2.75, 3.05) is 11.1 Å². The Labute approximate surface area is 183 Å². The number of nitrogens with one attached hydrogen (secondary N) is 2. The van der Waals surface area contributed by atoms with Crippen LogP contribution in [0, 0.1) is 0 Å². The summed E-state index contributed by atoms with van der Waals surface area (Å²) in [5, 5.41) is 3.09. The summed E-state index contributed by atoms with van der Waals surface area (Å²) in [7, 11) is -3.69. The number of hydrogen-bond acceptors (Lipinski definition) is 5. The van der Waals surface area contributed by atoms with Gasteiger partial charge in [-0.3, -0.25) is 4.79 Å². The van der Waals surface area contributed by atoms with Gasteiger partial charge in [-0.15, -0.1) is 0 Å². The number of furan rings is 1. The van der Waals surface area contributed by atoms with Gasteiger partial charge in [0.05, 0.1) is 33.4 Å². The molecular weight excluding hydrogens is 449 g/mol. The van der Waals surface area contributed by atoms with Gasteiger partial charge in [0.2, 0.25) is 15.9 Å². The summed E-state index contributed by atoms with van der Waals surface area (Å²) in [5.74, 6) is 0.0940. The Kier molecular flexibility index (Phi) is 6.84. The minimum atomic E-state index is -3.69. The van der Waals surface area contributed by atoms with Gasteiger partial charge in [-0.1, -0.05) is 35.3 Å². The van der Waals surface area contributed by atoms with E-state index in [4.69, 9.17) is 33.4 Å². The fourth-order valence-electron chi connectivity index (χ4n) is 2.43. The highest BCUT2D eigenvalue weighted by atomic mass is 35.5. The Bertz CT molecular complexity index is 1150. The molecule has 0 aliphatic rings. The predicted octanol–water partition coefficient (Wildman–Crippen LogP) is 4.30. The molecule has 30 heavy (non-hydrogen) atoms. The van der Waals surface area contributed by atoms with E-state index in [1.165, 1.54) is 36.6 Å². The number of rotatable bonds is 7. The number of carbonyl (C=O) groups excluding carboxylic acids is 1. The highest BCUT2D eigenvalue weighted by Crippen LogP contribution is 2.31. The standard InChI is InChI=1S/C20H17Cl2N3O4S/c21-17-10-14(11-18(22)20(17)23)25-19(26)8-5-13-3-6-16(7-4-13)30(27,28)24-12-15-2-1-9-29-15/h1-11,24H,12,23H2,(H,25,26)/b8-5+. The van der Waals surface area contributed by atoms with Gasteiger partial charge in [0, 0.05) is 11.8 Å². The van der Waals surface area contributed by atoms with E-state index in [0.29, 0.717) is 17.0 Å². The topological polar surface area (TPSA) is 114 Å². The third-order valence-electron chi connectivity index (χ3n) is 3.98. The van der Waals surface area contributed by atoms with Crippen molar-refractivity contribution in [2.24, 2.45) is 0 Å². The largest absolute Gasteiger partial charge is 0.468 e. The van der Waals surface area contributed by atoms with Crippen LogP contribution in [-0.4, -0.2) is 14.3 Å². The second-order valence-electron chi connectivity index (χ2n) is 6.15. The molecule has 2 aromatic carbocycles. The molecule has 1 aromatic heterocycles. The molecule has 1 heterocycles. The van der Waals surface area contributed by atoms with E-state index < -0.39 is 15.9 Å². The molecule has 0 unspecified atom stereocenters. The number of anilines is 2. The smallest absolute Gasteiger partial charge is 0.248 e. The first kappa shape index (κ1) is 21.9. The third-order valence-corrected chi connectivity index (χ3v) is 6.02. The first-order valence-electron chi connectivity index (χ1n) is 8.60. The van der Waals surface area contributed by atoms with E-state index in [1.54, 1.807) is 30.3 Å². The van der Waals surface area contributed by atoms with Crippen LogP contribution in [0.25, 0.3) is 6.08 Å². The first-order valence-corrected chi connectivity index (χ1v) is 10.8. The molecule has 4 N–H and O–H groups in total. The predicted molar refractivity (Wildman–Crippen MR) is 118 cm³/mol. The van der Waals surface area contributed by atoms with Crippen molar-refractivity contribution in [1.29, 1.82) is 0 Å². The van der Waals surface area contributed by atoms with Gasteiger partial charge in [-0.2, -0.15) is 0 Å². The lowest BCUT2D eigenvalue weighted by Crippen LogP contribution is -2.22. The van der Waals surface area contributed by atoms with Crippen LogP contribution in [0.3, 0.4) is 0 Å². The first-order chi connectivity index (χ1) is 14.2. The van der Waals surface area contributed by atoms with Crippen LogP contribution in [0.15, 0.2) is 70.2 Å². The molecule has 0 radical (unpaired) electrons. The maximum atomic E-state index is 12.3. The zero-order valence-corrected chi connectivity index (χ0v) is 17.8. The number of sulfonamides is 1. The molecule has 0 aliphatic heterocycles. The number of halogens is 2. The van der Waals surface area contributed by atoms with Gasteiger partial charge in [0.1, 0.15) is 5.76 Å². The van der Waals surface area contributed by atoms with E-state index >= 15 is 0 Å². The quantitative estimate of drug-likeness (QED) is 0.355. The molecule has 1 amide bonds. The molecular formula is C20H17Cl2N3O4S. The highest BCUT2D eigenvalue weighted by Gasteiger charge is 2.14. The molecule has 0 saturated carbocycles. The van der Waals surface area contributed by atoms with Crippen LogP contribution >= 0.6 is 23.2 Å². The van der Waals surface area contributed by atoms with Crippen LogP contribution in [0.2, 0.25) is 10.0 Å². The van der Waals surface area contributed by atoms with E-state index in [0.717, 1.165) is 0 Å². The van der Waals surface area contributed by atoms with Crippen molar-refractivity contribution < 1.29 is 17.6 Å². The average molecular weight is 466 g/mol. The average Bonchev–Trinajstić information content (AvgIpc) is 3.23. The second kappa shape index (κ2) is 9.36. The molecule has 3 aromatic rings. The zero-order valence-electron chi connectivity index (χ0n) is 15.4. The third kappa shape index (κ3) is 5.64. The van der Waals surface area contributed by atoms with Crippen LogP contribution in [-0.2, 0) is 21.4 Å². The Morgan fingerprint density at radius 1 is 1.10 bits per heavy atom. The molecule has 0 bridgehead atoms. The molecule has 7 nitrogen and oxygen atoms in total. The van der Waals surface area contributed by atoms with Gasteiger partial charge in [-0.25, -0.2) is 13.1 Å². The minimum Gasteiger partial charge on any atom is -0.468 e. The monoisotopic (exact) mass is 465 g/mol. The summed E-state index contributed by atoms with van der Waals surface area (Å²) in [6.45, 7) is 0.0519.